The van der Waals surface area contributed by atoms with Crippen LogP contribution in [0.1, 0.15) is 73.4 Å². The van der Waals surface area contributed by atoms with E-state index in [-0.39, 0.29) is 16.7 Å². The molecular weight excluding hydrogens is 451 g/mol. The van der Waals surface area contributed by atoms with Crippen LogP contribution >= 0.6 is 8.60 Å². The first-order valence-corrected chi connectivity index (χ1v) is 12.8. The molecule has 3 atom stereocenters. The lowest BCUT2D eigenvalue weighted by molar-refractivity contribution is -0.0784. The third-order valence-corrected chi connectivity index (χ3v) is 7.58. The predicted octanol–water partition coefficient (Wildman–Crippen LogP) is 6.97. The predicted molar refractivity (Wildman–Crippen MR) is 137 cm³/mol. The van der Waals surface area contributed by atoms with Gasteiger partial charge in [0.15, 0.2) is 5.76 Å². The van der Waals surface area contributed by atoms with Gasteiger partial charge < -0.3 is 23.6 Å². The highest BCUT2D eigenvalue weighted by Crippen LogP contribution is 2.66. The van der Waals surface area contributed by atoms with E-state index in [0.29, 0.717) is 23.0 Å². The second-order valence-electron chi connectivity index (χ2n) is 12.2. The van der Waals surface area contributed by atoms with Crippen molar-refractivity contribution in [3.63, 3.8) is 0 Å². The summed E-state index contributed by atoms with van der Waals surface area (Å²) in [4.78, 5) is 11.3. The van der Waals surface area contributed by atoms with Crippen molar-refractivity contribution in [1.29, 1.82) is 0 Å². The molecule has 1 aromatic carbocycles. The van der Waals surface area contributed by atoms with Crippen molar-refractivity contribution in [1.82, 2.24) is 0 Å². The van der Waals surface area contributed by atoms with Gasteiger partial charge in [0.2, 0.25) is 0 Å². The van der Waals surface area contributed by atoms with E-state index in [1.807, 2.05) is 18.2 Å². The fourth-order valence-electron chi connectivity index (χ4n) is 5.32. The van der Waals surface area contributed by atoms with Gasteiger partial charge in [-0.15, -0.1) is 0 Å². The molecule has 6 nitrogen and oxygen atoms in total. The molecule has 0 aromatic heterocycles. The Balaban J connectivity index is 2.57. The van der Waals surface area contributed by atoms with Gasteiger partial charge in [-0.05, 0) is 34.5 Å². The molecule has 0 radical (unpaired) electrons. The number of rotatable bonds is 3. The molecule has 0 spiro atoms. The quantitative estimate of drug-likeness (QED) is 0.460. The highest BCUT2D eigenvalue weighted by atomic mass is 31.2. The van der Waals surface area contributed by atoms with Gasteiger partial charge in [0.1, 0.15) is 22.9 Å². The van der Waals surface area contributed by atoms with Crippen LogP contribution in [0, 0.1) is 16.7 Å². The SMILES string of the molecule is COC1=C(OC)C(C(C)(C)C)C2(C(C)(C)C)OP(O)Oc3c(cc(OC)cc3C(C)(C)C)C2=C1. The van der Waals surface area contributed by atoms with Crippen molar-refractivity contribution < 1.29 is 28.2 Å². The minimum atomic E-state index is -2.26. The largest absolute Gasteiger partial charge is 0.497 e. The Morgan fingerprint density at radius 1 is 0.912 bits per heavy atom. The Labute approximate surface area is 206 Å². The molecule has 0 saturated carbocycles. The van der Waals surface area contributed by atoms with Crippen molar-refractivity contribution in [3.8, 4) is 11.5 Å². The summed E-state index contributed by atoms with van der Waals surface area (Å²) in [6.07, 6.45) is 1.98. The first-order valence-electron chi connectivity index (χ1n) is 11.7. The van der Waals surface area contributed by atoms with E-state index < -0.39 is 19.6 Å². The molecule has 0 saturated heterocycles. The van der Waals surface area contributed by atoms with Crippen LogP contribution in [0.4, 0.5) is 0 Å². The maximum absolute atomic E-state index is 11.3. The second-order valence-corrected chi connectivity index (χ2v) is 13.0. The number of ether oxygens (including phenoxy) is 3. The van der Waals surface area contributed by atoms with Crippen molar-refractivity contribution in [2.75, 3.05) is 21.3 Å². The molecule has 2 aliphatic rings. The van der Waals surface area contributed by atoms with Crippen molar-refractivity contribution in [2.45, 2.75) is 73.3 Å². The molecular formula is C27H41O6P. The summed E-state index contributed by atoms with van der Waals surface area (Å²) in [5.74, 6) is 2.38. The summed E-state index contributed by atoms with van der Waals surface area (Å²) in [5.41, 5.74) is 0.637. The molecule has 190 valence electrons. The first kappa shape index (κ1) is 26.8. The summed E-state index contributed by atoms with van der Waals surface area (Å²) in [6.45, 7) is 19.2. The van der Waals surface area contributed by atoms with Gasteiger partial charge >= 0.3 is 8.60 Å². The Morgan fingerprint density at radius 3 is 1.97 bits per heavy atom. The number of fused-ring (bicyclic) bond motifs is 3. The molecule has 3 rings (SSSR count). The molecule has 34 heavy (non-hydrogen) atoms. The van der Waals surface area contributed by atoms with Crippen LogP contribution in [0.15, 0.2) is 29.7 Å². The highest BCUT2D eigenvalue weighted by Gasteiger charge is 2.63. The first-order chi connectivity index (χ1) is 15.5. The fraction of sp³-hybridized carbons (Fsp3) is 0.630. The topological polar surface area (TPSA) is 66.4 Å². The van der Waals surface area contributed by atoms with Gasteiger partial charge in [0.25, 0.3) is 0 Å². The molecule has 1 aliphatic heterocycles. The van der Waals surface area contributed by atoms with Gasteiger partial charge in [-0.1, -0.05) is 62.3 Å². The zero-order valence-electron chi connectivity index (χ0n) is 22.7. The Bertz CT molecular complexity index is 1010. The van der Waals surface area contributed by atoms with Gasteiger partial charge in [-0.3, -0.25) is 4.52 Å². The molecule has 0 amide bonds. The van der Waals surface area contributed by atoms with Crippen LogP contribution in [0.25, 0.3) is 5.57 Å². The lowest BCUT2D eigenvalue weighted by atomic mass is 9.55. The van der Waals surface area contributed by atoms with Gasteiger partial charge in [-0.2, -0.15) is 0 Å². The Kier molecular flexibility index (Phi) is 6.89. The minimum Gasteiger partial charge on any atom is -0.497 e. The number of hydrogen-bond acceptors (Lipinski definition) is 6. The minimum absolute atomic E-state index is 0.264. The van der Waals surface area contributed by atoms with Crippen LogP contribution < -0.4 is 9.26 Å². The van der Waals surface area contributed by atoms with E-state index >= 15 is 0 Å². The summed E-state index contributed by atoms with van der Waals surface area (Å²) in [6, 6.07) is 3.95. The maximum Gasteiger partial charge on any atom is 0.395 e. The zero-order chi connectivity index (χ0) is 25.9. The van der Waals surface area contributed by atoms with E-state index in [1.165, 1.54) is 0 Å². The van der Waals surface area contributed by atoms with Crippen LogP contribution in [-0.2, 0) is 19.4 Å². The number of hydrogen-bond donors (Lipinski definition) is 1. The molecule has 0 bridgehead atoms. The maximum atomic E-state index is 11.3. The smallest absolute Gasteiger partial charge is 0.395 e. The average molecular weight is 493 g/mol. The Morgan fingerprint density at radius 2 is 1.53 bits per heavy atom. The molecule has 0 fully saturated rings. The fourth-order valence-corrected chi connectivity index (χ4v) is 6.44. The van der Waals surface area contributed by atoms with Crippen molar-refractivity contribution >= 4 is 14.2 Å². The van der Waals surface area contributed by atoms with Crippen LogP contribution in [-0.4, -0.2) is 31.8 Å². The highest BCUT2D eigenvalue weighted by molar-refractivity contribution is 7.41. The number of benzene rings is 1. The summed E-state index contributed by atoms with van der Waals surface area (Å²) in [5, 5.41) is 0. The molecule has 1 aliphatic carbocycles. The summed E-state index contributed by atoms with van der Waals surface area (Å²) < 4.78 is 30.5. The van der Waals surface area contributed by atoms with E-state index in [2.05, 4.69) is 62.3 Å². The summed E-state index contributed by atoms with van der Waals surface area (Å²) >= 11 is 0. The van der Waals surface area contributed by atoms with E-state index in [1.54, 1.807) is 21.3 Å². The van der Waals surface area contributed by atoms with Gasteiger partial charge in [0.05, 0.1) is 27.2 Å². The van der Waals surface area contributed by atoms with Crippen molar-refractivity contribution in [3.05, 3.63) is 40.9 Å². The number of methoxy groups -OCH3 is 3. The Hall–Kier alpha value is -1.75. The molecule has 3 unspecified atom stereocenters. The lowest BCUT2D eigenvalue weighted by Crippen LogP contribution is -2.57. The van der Waals surface area contributed by atoms with Crippen LogP contribution in [0.5, 0.6) is 11.5 Å². The van der Waals surface area contributed by atoms with Crippen molar-refractivity contribution in [2.24, 2.45) is 16.7 Å². The standard InChI is InChI=1S/C27H41O6P/c1-24(2,3)19-14-16(29-10)13-17-18-15-20(30-11)22(31-12)23(25(4,5)6)27(18,26(7,8)9)33-34(28)32-21(17)19/h13-15,23,28H,1-12H3. The number of allylic oxidation sites excluding steroid dienone is 1. The third kappa shape index (κ3) is 4.23. The summed E-state index contributed by atoms with van der Waals surface area (Å²) in [7, 11) is 2.71. The van der Waals surface area contributed by atoms with Crippen LogP contribution in [0.2, 0.25) is 0 Å². The van der Waals surface area contributed by atoms with Crippen LogP contribution in [0.3, 0.4) is 0 Å². The second kappa shape index (κ2) is 8.72. The van der Waals surface area contributed by atoms with E-state index in [0.717, 1.165) is 16.7 Å². The zero-order valence-corrected chi connectivity index (χ0v) is 23.6. The van der Waals surface area contributed by atoms with Gasteiger partial charge in [0, 0.05) is 16.7 Å². The third-order valence-electron chi connectivity index (χ3n) is 6.79. The van der Waals surface area contributed by atoms with Gasteiger partial charge in [-0.25, -0.2) is 0 Å². The average Bonchev–Trinajstić information content (AvgIpc) is 2.83. The normalized spacial score (nSPS) is 25.5. The van der Waals surface area contributed by atoms with E-state index in [4.69, 9.17) is 23.3 Å². The molecule has 1 N–H and O–H groups in total. The molecule has 1 heterocycles. The van der Waals surface area contributed by atoms with E-state index in [9.17, 15) is 4.89 Å². The molecule has 7 heteroatoms. The monoisotopic (exact) mass is 492 g/mol. The lowest BCUT2D eigenvalue weighted by Gasteiger charge is -2.55. The molecule has 1 aromatic rings.